The maximum Gasteiger partial charge on any atom is 0.0964 e. The van der Waals surface area contributed by atoms with E-state index in [4.69, 9.17) is 0 Å². The second-order valence-electron chi connectivity index (χ2n) is 9.65. The van der Waals surface area contributed by atoms with Crippen molar-refractivity contribution in [2.24, 2.45) is 0 Å². The van der Waals surface area contributed by atoms with E-state index in [1.165, 1.54) is 0 Å². The molecule has 0 saturated carbocycles. The van der Waals surface area contributed by atoms with E-state index in [1.807, 2.05) is 36.4 Å². The molecule has 3 aromatic carbocycles. The standard InChI is InChI=1S/3C12H8N2.Ni/c3*1-3-9-5-6-10-4-2-8-14-12(10)11(9)13-7-1;/h3*1-8H;. The summed E-state index contributed by atoms with van der Waals surface area (Å²) in [7, 11) is 0. The molecule has 0 saturated heterocycles. The van der Waals surface area contributed by atoms with Crippen LogP contribution in [0.3, 0.4) is 0 Å². The van der Waals surface area contributed by atoms with E-state index in [1.54, 1.807) is 37.2 Å². The van der Waals surface area contributed by atoms with Crippen molar-refractivity contribution >= 4 is 65.4 Å². The maximum atomic E-state index is 4.35. The molecule has 0 unspecified atom stereocenters. The Hall–Kier alpha value is -5.39. The van der Waals surface area contributed by atoms with Crippen molar-refractivity contribution in [1.29, 1.82) is 0 Å². The first-order valence-corrected chi connectivity index (χ1v) is 13.6. The van der Waals surface area contributed by atoms with E-state index < -0.39 is 0 Å². The number of hydrogen-bond donors (Lipinski definition) is 0. The van der Waals surface area contributed by atoms with Crippen LogP contribution in [0, 0.1) is 0 Å². The van der Waals surface area contributed by atoms with Gasteiger partial charge in [-0.2, -0.15) is 0 Å². The number of pyridine rings is 6. The van der Waals surface area contributed by atoms with Gasteiger partial charge in [-0.3, -0.25) is 29.9 Å². The van der Waals surface area contributed by atoms with Gasteiger partial charge in [0.25, 0.3) is 0 Å². The molecule has 0 spiro atoms. The second-order valence-corrected chi connectivity index (χ2v) is 9.65. The molecule has 0 aliphatic carbocycles. The fraction of sp³-hybridized carbons (Fsp3) is 0. The van der Waals surface area contributed by atoms with E-state index in [9.17, 15) is 0 Å². The minimum absolute atomic E-state index is 0. The third kappa shape index (κ3) is 5.71. The van der Waals surface area contributed by atoms with Crippen molar-refractivity contribution < 1.29 is 16.5 Å². The van der Waals surface area contributed by atoms with Crippen LogP contribution in [-0.2, 0) is 16.5 Å². The molecule has 43 heavy (non-hydrogen) atoms. The molecule has 0 N–H and O–H groups in total. The van der Waals surface area contributed by atoms with Crippen LogP contribution >= 0.6 is 0 Å². The number of fused-ring (bicyclic) bond motifs is 9. The summed E-state index contributed by atoms with van der Waals surface area (Å²) in [6.45, 7) is 0. The van der Waals surface area contributed by atoms with Crippen LogP contribution in [0.1, 0.15) is 0 Å². The summed E-state index contributed by atoms with van der Waals surface area (Å²) in [6.07, 6.45) is 10.8. The molecule has 6 aromatic heterocycles. The van der Waals surface area contributed by atoms with Crippen LogP contribution in [0.15, 0.2) is 146 Å². The molecule has 208 valence electrons. The van der Waals surface area contributed by atoms with Crippen molar-refractivity contribution in [3.63, 3.8) is 0 Å². The number of hydrogen-bond acceptors (Lipinski definition) is 6. The first-order chi connectivity index (χ1) is 20.8. The van der Waals surface area contributed by atoms with Crippen molar-refractivity contribution in [2.75, 3.05) is 0 Å². The van der Waals surface area contributed by atoms with Gasteiger partial charge in [-0.1, -0.05) is 72.8 Å². The Balaban J connectivity index is 0.000000113. The summed E-state index contributed by atoms with van der Waals surface area (Å²) in [5.74, 6) is 0. The van der Waals surface area contributed by atoms with Gasteiger partial charge in [0, 0.05) is 86.0 Å². The fourth-order valence-corrected chi connectivity index (χ4v) is 5.04. The zero-order valence-corrected chi connectivity index (χ0v) is 23.8. The Kier molecular flexibility index (Phi) is 8.16. The molecule has 0 bridgehead atoms. The van der Waals surface area contributed by atoms with Crippen LogP contribution < -0.4 is 0 Å². The summed E-state index contributed by atoms with van der Waals surface area (Å²) < 4.78 is 0. The van der Waals surface area contributed by atoms with Gasteiger partial charge in [-0.25, -0.2) is 0 Å². The summed E-state index contributed by atoms with van der Waals surface area (Å²) in [5.41, 5.74) is 5.86. The third-order valence-electron chi connectivity index (χ3n) is 7.03. The van der Waals surface area contributed by atoms with Crippen molar-refractivity contribution in [3.8, 4) is 0 Å². The molecule has 6 nitrogen and oxygen atoms in total. The SMILES string of the molecule is [Ni].c1cnc2c(c1)ccc1cccnc12.c1cnc2c(c1)ccc1cccnc12.c1cnc2c(c1)ccc1cccnc12. The Bertz CT molecular complexity index is 1910. The molecular weight excluding hydrogens is 575 g/mol. The van der Waals surface area contributed by atoms with Crippen LogP contribution in [0.4, 0.5) is 0 Å². The predicted octanol–water partition coefficient (Wildman–Crippen LogP) is 8.35. The molecule has 0 radical (unpaired) electrons. The van der Waals surface area contributed by atoms with Gasteiger partial charge in [-0.15, -0.1) is 0 Å². The largest absolute Gasteiger partial charge is 0.254 e. The molecule has 7 heteroatoms. The van der Waals surface area contributed by atoms with Gasteiger partial charge in [-0.05, 0) is 36.4 Å². The first-order valence-electron chi connectivity index (χ1n) is 13.6. The average Bonchev–Trinajstić information content (AvgIpc) is 3.09. The zero-order valence-electron chi connectivity index (χ0n) is 22.9. The predicted molar refractivity (Wildman–Crippen MR) is 171 cm³/mol. The van der Waals surface area contributed by atoms with Crippen LogP contribution in [0.5, 0.6) is 0 Å². The molecule has 0 amide bonds. The van der Waals surface area contributed by atoms with Gasteiger partial charge in [0.2, 0.25) is 0 Å². The molecule has 0 aliphatic heterocycles. The number of nitrogens with zero attached hydrogens (tertiary/aromatic N) is 6. The molecular formula is C36H24N6Ni. The molecule has 9 rings (SSSR count). The monoisotopic (exact) mass is 598 g/mol. The zero-order chi connectivity index (χ0) is 28.1. The minimum atomic E-state index is 0. The average molecular weight is 599 g/mol. The third-order valence-corrected chi connectivity index (χ3v) is 7.03. The summed E-state index contributed by atoms with van der Waals surface area (Å²) in [5, 5.41) is 6.83. The second kappa shape index (κ2) is 12.6. The normalized spacial score (nSPS) is 10.6. The van der Waals surface area contributed by atoms with E-state index in [0.29, 0.717) is 0 Å². The number of benzene rings is 3. The molecule has 6 heterocycles. The van der Waals surface area contributed by atoms with Crippen molar-refractivity contribution in [3.05, 3.63) is 146 Å². The Morgan fingerprint density at radius 1 is 0.233 bits per heavy atom. The van der Waals surface area contributed by atoms with Gasteiger partial charge < -0.3 is 0 Å². The summed E-state index contributed by atoms with van der Waals surface area (Å²) >= 11 is 0. The Morgan fingerprint density at radius 2 is 0.395 bits per heavy atom. The van der Waals surface area contributed by atoms with Crippen molar-refractivity contribution in [1.82, 2.24) is 29.9 Å². The van der Waals surface area contributed by atoms with Gasteiger partial charge in [0.1, 0.15) is 0 Å². The molecule has 0 aliphatic rings. The molecule has 0 fully saturated rings. The summed E-state index contributed by atoms with van der Waals surface area (Å²) in [4.78, 5) is 26.1. The van der Waals surface area contributed by atoms with E-state index in [0.717, 1.165) is 65.4 Å². The van der Waals surface area contributed by atoms with E-state index >= 15 is 0 Å². The Morgan fingerprint density at radius 3 is 0.558 bits per heavy atom. The van der Waals surface area contributed by atoms with Crippen LogP contribution in [-0.4, -0.2) is 29.9 Å². The van der Waals surface area contributed by atoms with Crippen molar-refractivity contribution in [2.45, 2.75) is 0 Å². The topological polar surface area (TPSA) is 77.3 Å². The minimum Gasteiger partial charge on any atom is -0.254 e. The van der Waals surface area contributed by atoms with Gasteiger partial charge in [0.15, 0.2) is 0 Å². The number of rotatable bonds is 0. The fourth-order valence-electron chi connectivity index (χ4n) is 5.04. The van der Waals surface area contributed by atoms with E-state index in [2.05, 4.69) is 103 Å². The maximum absolute atomic E-state index is 4.35. The quantitative estimate of drug-likeness (QED) is 0.129. The van der Waals surface area contributed by atoms with Gasteiger partial charge in [0.05, 0.1) is 33.1 Å². The smallest absolute Gasteiger partial charge is 0.0964 e. The first kappa shape index (κ1) is 27.8. The van der Waals surface area contributed by atoms with Crippen LogP contribution in [0.25, 0.3) is 65.4 Å². The van der Waals surface area contributed by atoms with Gasteiger partial charge >= 0.3 is 0 Å². The summed E-state index contributed by atoms with van der Waals surface area (Å²) in [6, 6.07) is 36.4. The number of aromatic nitrogens is 6. The van der Waals surface area contributed by atoms with Crippen LogP contribution in [0.2, 0.25) is 0 Å². The Labute approximate surface area is 257 Å². The molecule has 9 aromatic rings. The molecule has 0 atom stereocenters. The van der Waals surface area contributed by atoms with E-state index in [-0.39, 0.29) is 16.5 Å².